The maximum atomic E-state index is 4.65. The molecular formula is C14H16Br2N4. The fourth-order valence-corrected chi connectivity index (χ4v) is 2.78. The summed E-state index contributed by atoms with van der Waals surface area (Å²) >= 11 is 7.09. The smallest absolute Gasteiger partial charge is 0.181 e. The molecule has 0 aromatic carbocycles. The number of nitrogens with zero attached hydrogens (tertiary/aromatic N) is 3. The lowest BCUT2D eigenvalue weighted by Gasteiger charge is -2.12. The van der Waals surface area contributed by atoms with Crippen molar-refractivity contribution >= 4 is 37.7 Å². The average Bonchev–Trinajstić information content (AvgIpc) is 2.44. The lowest BCUT2D eigenvalue weighted by molar-refractivity contribution is 0.866. The first kappa shape index (κ1) is 15.4. The quantitative estimate of drug-likeness (QED) is 0.806. The molecule has 2 rings (SSSR count). The number of rotatable bonds is 5. The van der Waals surface area contributed by atoms with Crippen LogP contribution in [0.2, 0.25) is 0 Å². The Morgan fingerprint density at radius 2 is 2.00 bits per heavy atom. The number of aromatic nitrogens is 3. The fraction of sp³-hybridized carbons (Fsp3) is 0.357. The molecule has 0 saturated heterocycles. The van der Waals surface area contributed by atoms with Crippen LogP contribution < -0.4 is 5.32 Å². The summed E-state index contributed by atoms with van der Waals surface area (Å²) in [5, 5.41) is 3.26. The Morgan fingerprint density at radius 1 is 1.20 bits per heavy atom. The van der Waals surface area contributed by atoms with Gasteiger partial charge in [-0.2, -0.15) is 0 Å². The van der Waals surface area contributed by atoms with Gasteiger partial charge in [-0.1, -0.05) is 13.3 Å². The summed E-state index contributed by atoms with van der Waals surface area (Å²) in [7, 11) is 0. The van der Waals surface area contributed by atoms with E-state index in [0.717, 1.165) is 45.5 Å². The number of nitrogens with one attached hydrogen (secondary N) is 1. The van der Waals surface area contributed by atoms with Crippen LogP contribution in [-0.4, -0.2) is 21.5 Å². The summed E-state index contributed by atoms with van der Waals surface area (Å²) in [6.07, 6.45) is 3.68. The summed E-state index contributed by atoms with van der Waals surface area (Å²) in [5.74, 6) is 1.46. The van der Waals surface area contributed by atoms with E-state index in [2.05, 4.69) is 59.1 Å². The number of hydrogen-bond acceptors (Lipinski definition) is 4. The van der Waals surface area contributed by atoms with Crippen molar-refractivity contribution in [2.24, 2.45) is 0 Å². The highest BCUT2D eigenvalue weighted by Gasteiger charge is 2.15. The molecule has 0 unspecified atom stereocenters. The van der Waals surface area contributed by atoms with Crippen LogP contribution in [0.4, 0.5) is 5.82 Å². The van der Waals surface area contributed by atoms with Crippen molar-refractivity contribution in [3.8, 4) is 11.5 Å². The molecule has 2 heterocycles. The van der Waals surface area contributed by atoms with Crippen LogP contribution in [0.5, 0.6) is 0 Å². The molecule has 0 bridgehead atoms. The van der Waals surface area contributed by atoms with E-state index in [9.17, 15) is 0 Å². The van der Waals surface area contributed by atoms with Crippen LogP contribution >= 0.6 is 31.9 Å². The Morgan fingerprint density at radius 3 is 2.65 bits per heavy atom. The van der Waals surface area contributed by atoms with Crippen molar-refractivity contribution in [3.63, 3.8) is 0 Å². The Kier molecular flexibility index (Phi) is 5.48. The van der Waals surface area contributed by atoms with E-state index >= 15 is 0 Å². The van der Waals surface area contributed by atoms with Crippen LogP contribution in [0.3, 0.4) is 0 Å². The fourth-order valence-electron chi connectivity index (χ4n) is 1.84. The zero-order valence-electron chi connectivity index (χ0n) is 11.5. The highest BCUT2D eigenvalue weighted by molar-refractivity contribution is 9.11. The Balaban J connectivity index is 2.56. The zero-order valence-corrected chi connectivity index (χ0v) is 14.6. The van der Waals surface area contributed by atoms with Gasteiger partial charge < -0.3 is 5.32 Å². The maximum Gasteiger partial charge on any atom is 0.181 e. The van der Waals surface area contributed by atoms with Crippen LogP contribution in [-0.2, 0) is 6.42 Å². The largest absolute Gasteiger partial charge is 0.369 e. The average molecular weight is 400 g/mol. The molecule has 0 amide bonds. The molecule has 0 aliphatic rings. The van der Waals surface area contributed by atoms with Gasteiger partial charge in [0.2, 0.25) is 0 Å². The lowest BCUT2D eigenvalue weighted by Crippen LogP contribution is -2.07. The van der Waals surface area contributed by atoms with Crippen LogP contribution in [0, 0.1) is 0 Å². The maximum absolute atomic E-state index is 4.65. The Hall–Kier alpha value is -1.01. The predicted octanol–water partition coefficient (Wildman–Crippen LogP) is 4.45. The van der Waals surface area contributed by atoms with E-state index in [0.29, 0.717) is 5.82 Å². The van der Waals surface area contributed by atoms with Crippen molar-refractivity contribution in [1.82, 2.24) is 15.0 Å². The van der Waals surface area contributed by atoms with Gasteiger partial charge in [0.1, 0.15) is 11.5 Å². The lowest BCUT2D eigenvalue weighted by atomic mass is 10.2. The molecule has 106 valence electrons. The molecule has 6 heteroatoms. The molecular weight excluding hydrogens is 384 g/mol. The molecule has 4 nitrogen and oxygen atoms in total. The second-order valence-corrected chi connectivity index (χ2v) is 5.92. The van der Waals surface area contributed by atoms with E-state index in [-0.39, 0.29) is 0 Å². The highest BCUT2D eigenvalue weighted by Crippen LogP contribution is 2.29. The van der Waals surface area contributed by atoms with Gasteiger partial charge in [-0.25, -0.2) is 9.97 Å². The number of halogens is 2. The summed E-state index contributed by atoms with van der Waals surface area (Å²) in [5.41, 5.74) is 1.77. The molecule has 0 saturated carbocycles. The summed E-state index contributed by atoms with van der Waals surface area (Å²) in [6, 6.07) is 3.82. The second-order valence-electron chi connectivity index (χ2n) is 4.27. The van der Waals surface area contributed by atoms with E-state index < -0.39 is 0 Å². The number of hydrogen-bond donors (Lipinski definition) is 1. The van der Waals surface area contributed by atoms with Crippen molar-refractivity contribution in [1.29, 1.82) is 0 Å². The third-order valence-corrected chi connectivity index (χ3v) is 4.19. The van der Waals surface area contributed by atoms with E-state index in [1.807, 2.05) is 19.1 Å². The minimum atomic E-state index is 0.639. The summed E-state index contributed by atoms with van der Waals surface area (Å²) in [4.78, 5) is 13.6. The molecule has 0 aliphatic heterocycles. The van der Waals surface area contributed by atoms with Gasteiger partial charge in [-0.05, 0) is 57.3 Å². The Labute approximate surface area is 135 Å². The van der Waals surface area contributed by atoms with Gasteiger partial charge in [0.15, 0.2) is 5.82 Å². The summed E-state index contributed by atoms with van der Waals surface area (Å²) in [6.45, 7) is 4.99. The first-order valence-electron chi connectivity index (χ1n) is 6.58. The highest BCUT2D eigenvalue weighted by atomic mass is 79.9. The van der Waals surface area contributed by atoms with Crippen molar-refractivity contribution in [2.75, 3.05) is 11.9 Å². The molecule has 0 fully saturated rings. The first-order chi connectivity index (χ1) is 9.67. The second kappa shape index (κ2) is 7.13. The summed E-state index contributed by atoms with van der Waals surface area (Å²) < 4.78 is 1.84. The van der Waals surface area contributed by atoms with Crippen LogP contribution in [0.25, 0.3) is 11.5 Å². The Bertz CT molecular complexity index is 574. The number of pyridine rings is 1. The molecule has 2 aromatic rings. The van der Waals surface area contributed by atoms with Gasteiger partial charge in [-0.3, -0.25) is 4.98 Å². The van der Waals surface area contributed by atoms with Crippen molar-refractivity contribution in [2.45, 2.75) is 26.7 Å². The molecule has 0 radical (unpaired) electrons. The van der Waals surface area contributed by atoms with Gasteiger partial charge in [0.25, 0.3) is 0 Å². The van der Waals surface area contributed by atoms with Crippen molar-refractivity contribution < 1.29 is 0 Å². The third kappa shape index (κ3) is 3.35. The number of anilines is 1. The standard InChI is InChI=1S/C14H16Br2N4/c1-3-6-10-11(16)13(17-4-2)20-14(19-10)12-9(15)7-5-8-18-12/h5,7-8H,3-4,6H2,1-2H3,(H,17,19,20). The molecule has 0 spiro atoms. The topological polar surface area (TPSA) is 50.7 Å². The minimum absolute atomic E-state index is 0.639. The molecule has 0 aliphatic carbocycles. The molecule has 20 heavy (non-hydrogen) atoms. The molecule has 2 aromatic heterocycles. The van der Waals surface area contributed by atoms with Crippen LogP contribution in [0.1, 0.15) is 26.0 Å². The van der Waals surface area contributed by atoms with E-state index in [4.69, 9.17) is 0 Å². The minimum Gasteiger partial charge on any atom is -0.369 e. The van der Waals surface area contributed by atoms with Gasteiger partial charge in [0, 0.05) is 17.2 Å². The number of aryl methyl sites for hydroxylation is 1. The zero-order chi connectivity index (χ0) is 14.5. The van der Waals surface area contributed by atoms with Crippen LogP contribution in [0.15, 0.2) is 27.3 Å². The SMILES string of the molecule is CCCc1nc(-c2ncccc2Br)nc(NCC)c1Br. The van der Waals surface area contributed by atoms with Gasteiger partial charge in [-0.15, -0.1) is 0 Å². The van der Waals surface area contributed by atoms with Gasteiger partial charge >= 0.3 is 0 Å². The first-order valence-corrected chi connectivity index (χ1v) is 8.17. The van der Waals surface area contributed by atoms with Crippen molar-refractivity contribution in [3.05, 3.63) is 33.0 Å². The molecule has 1 N–H and O–H groups in total. The normalized spacial score (nSPS) is 10.6. The van der Waals surface area contributed by atoms with E-state index in [1.54, 1.807) is 6.20 Å². The monoisotopic (exact) mass is 398 g/mol. The molecule has 0 atom stereocenters. The van der Waals surface area contributed by atoms with E-state index in [1.165, 1.54) is 0 Å². The van der Waals surface area contributed by atoms with Gasteiger partial charge in [0.05, 0.1) is 10.2 Å². The predicted molar refractivity (Wildman–Crippen MR) is 88.8 cm³/mol. The third-order valence-electron chi connectivity index (χ3n) is 2.72.